The maximum atomic E-state index is 13.0. The van der Waals surface area contributed by atoms with Crippen molar-refractivity contribution in [1.29, 1.82) is 0 Å². The molecule has 7 nitrogen and oxygen atoms in total. The van der Waals surface area contributed by atoms with Gasteiger partial charge in [0.05, 0.1) is 6.42 Å². The van der Waals surface area contributed by atoms with E-state index < -0.39 is 11.8 Å². The van der Waals surface area contributed by atoms with Gasteiger partial charge in [0, 0.05) is 14.1 Å². The van der Waals surface area contributed by atoms with E-state index >= 15 is 0 Å². The number of hydrogen-bond acceptors (Lipinski definition) is 7. The second-order valence-corrected chi connectivity index (χ2v) is 4.77. The Morgan fingerprint density at radius 1 is 1.32 bits per heavy atom. The van der Waals surface area contributed by atoms with Gasteiger partial charge in [-0.1, -0.05) is 12.1 Å². The summed E-state index contributed by atoms with van der Waals surface area (Å²) in [7, 11) is 3.52. The second kappa shape index (κ2) is 6.79. The summed E-state index contributed by atoms with van der Waals surface area (Å²) < 4.78 is 18.1. The van der Waals surface area contributed by atoms with Gasteiger partial charge in [0.2, 0.25) is 11.9 Å². The Morgan fingerprint density at radius 3 is 2.77 bits per heavy atom. The van der Waals surface area contributed by atoms with Gasteiger partial charge < -0.3 is 15.4 Å². The lowest BCUT2D eigenvalue weighted by Gasteiger charge is -2.11. The van der Waals surface area contributed by atoms with Gasteiger partial charge in [-0.3, -0.25) is 4.79 Å². The number of esters is 1. The topological polar surface area (TPSA) is 94.2 Å². The average molecular weight is 305 g/mol. The molecule has 0 atom stereocenters. The lowest BCUT2D eigenvalue weighted by atomic mass is 10.1. The SMILES string of the molecule is CN(C)c1nc(N)nc(COC(=O)Cc2cccc(F)c2)n1. The summed E-state index contributed by atoms with van der Waals surface area (Å²) in [5.41, 5.74) is 6.11. The maximum absolute atomic E-state index is 13.0. The van der Waals surface area contributed by atoms with E-state index in [4.69, 9.17) is 10.5 Å². The number of ether oxygens (including phenoxy) is 1. The number of nitrogens with two attached hydrogens (primary N) is 1. The molecular formula is C14H16FN5O2. The molecule has 0 spiro atoms. The monoisotopic (exact) mass is 305 g/mol. The normalized spacial score (nSPS) is 10.3. The van der Waals surface area contributed by atoms with Crippen molar-refractivity contribution >= 4 is 17.9 Å². The minimum Gasteiger partial charge on any atom is -0.457 e. The fourth-order valence-corrected chi connectivity index (χ4v) is 1.70. The highest BCUT2D eigenvalue weighted by Crippen LogP contribution is 2.08. The molecule has 0 radical (unpaired) electrons. The summed E-state index contributed by atoms with van der Waals surface area (Å²) in [6, 6.07) is 5.78. The third kappa shape index (κ3) is 4.37. The van der Waals surface area contributed by atoms with Gasteiger partial charge in [0.15, 0.2) is 12.4 Å². The zero-order valence-electron chi connectivity index (χ0n) is 12.3. The summed E-state index contributed by atoms with van der Waals surface area (Å²) in [5, 5.41) is 0. The summed E-state index contributed by atoms with van der Waals surface area (Å²) in [4.78, 5) is 25.4. The van der Waals surface area contributed by atoms with Gasteiger partial charge in [-0.05, 0) is 17.7 Å². The van der Waals surface area contributed by atoms with Gasteiger partial charge >= 0.3 is 5.97 Å². The molecule has 1 heterocycles. The number of carbonyl (C=O) groups excluding carboxylic acids is 1. The number of halogens is 1. The molecule has 116 valence electrons. The molecule has 0 saturated heterocycles. The Balaban J connectivity index is 1.96. The van der Waals surface area contributed by atoms with Crippen molar-refractivity contribution in [2.75, 3.05) is 24.7 Å². The molecule has 2 rings (SSSR count). The van der Waals surface area contributed by atoms with Crippen molar-refractivity contribution in [3.05, 3.63) is 41.5 Å². The molecule has 0 fully saturated rings. The molecule has 0 amide bonds. The second-order valence-electron chi connectivity index (χ2n) is 4.77. The Kier molecular flexibility index (Phi) is 4.82. The van der Waals surface area contributed by atoms with E-state index in [1.54, 1.807) is 25.1 Å². The van der Waals surface area contributed by atoms with Crippen molar-refractivity contribution in [2.24, 2.45) is 0 Å². The van der Waals surface area contributed by atoms with Gasteiger partial charge in [-0.15, -0.1) is 0 Å². The number of nitrogens with zero attached hydrogens (tertiary/aromatic N) is 4. The van der Waals surface area contributed by atoms with E-state index in [1.165, 1.54) is 18.2 Å². The number of nitrogen functional groups attached to an aromatic ring is 1. The van der Waals surface area contributed by atoms with Crippen LogP contribution in [0.2, 0.25) is 0 Å². The highest BCUT2D eigenvalue weighted by Gasteiger charge is 2.10. The van der Waals surface area contributed by atoms with Crippen molar-refractivity contribution in [3.63, 3.8) is 0 Å². The Bertz CT molecular complexity index is 678. The fraction of sp³-hybridized carbons (Fsp3) is 0.286. The van der Waals surface area contributed by atoms with E-state index in [9.17, 15) is 9.18 Å². The van der Waals surface area contributed by atoms with Crippen LogP contribution in [0, 0.1) is 5.82 Å². The molecule has 0 saturated carbocycles. The molecule has 0 unspecified atom stereocenters. The smallest absolute Gasteiger partial charge is 0.310 e. The van der Waals surface area contributed by atoms with Crippen molar-refractivity contribution in [3.8, 4) is 0 Å². The van der Waals surface area contributed by atoms with Crippen molar-refractivity contribution in [2.45, 2.75) is 13.0 Å². The number of rotatable bonds is 5. The van der Waals surface area contributed by atoms with Crippen LogP contribution in [0.1, 0.15) is 11.4 Å². The summed E-state index contributed by atoms with van der Waals surface area (Å²) in [5.74, 6) is -0.218. The number of carbonyl (C=O) groups is 1. The molecule has 2 N–H and O–H groups in total. The summed E-state index contributed by atoms with van der Waals surface area (Å²) in [6.45, 7) is -0.123. The molecule has 0 aliphatic carbocycles. The van der Waals surface area contributed by atoms with E-state index in [0.29, 0.717) is 11.5 Å². The standard InChI is InChI=1S/C14H16FN5O2/c1-20(2)14-18-11(17-13(16)19-14)8-22-12(21)7-9-4-3-5-10(15)6-9/h3-6H,7-8H2,1-2H3,(H2,16,17,18,19). The first-order chi connectivity index (χ1) is 10.4. The Labute approximate surface area is 127 Å². The highest BCUT2D eigenvalue weighted by molar-refractivity contribution is 5.72. The van der Waals surface area contributed by atoms with Crippen LogP contribution in [0.3, 0.4) is 0 Å². The molecule has 22 heavy (non-hydrogen) atoms. The molecule has 1 aromatic heterocycles. The van der Waals surface area contributed by atoms with Crippen LogP contribution in [0.4, 0.5) is 16.3 Å². The van der Waals surface area contributed by atoms with Gasteiger partial charge in [0.25, 0.3) is 0 Å². The first kappa shape index (κ1) is 15.6. The van der Waals surface area contributed by atoms with E-state index in [1.807, 2.05) is 0 Å². The predicted octanol–water partition coefficient (Wildman–Crippen LogP) is 0.945. The molecular weight excluding hydrogens is 289 g/mol. The largest absolute Gasteiger partial charge is 0.457 e. The Hall–Kier alpha value is -2.77. The minimum absolute atomic E-state index is 0.0289. The van der Waals surface area contributed by atoms with E-state index in [2.05, 4.69) is 15.0 Å². The first-order valence-corrected chi connectivity index (χ1v) is 6.52. The number of benzene rings is 1. The van der Waals surface area contributed by atoms with Crippen LogP contribution >= 0.6 is 0 Å². The number of hydrogen-bond donors (Lipinski definition) is 1. The van der Waals surface area contributed by atoms with E-state index in [0.717, 1.165) is 0 Å². The zero-order valence-corrected chi connectivity index (χ0v) is 12.3. The van der Waals surface area contributed by atoms with Crippen molar-refractivity contribution < 1.29 is 13.9 Å². The lowest BCUT2D eigenvalue weighted by Crippen LogP contribution is -2.17. The van der Waals surface area contributed by atoms with Crippen LogP contribution in [-0.4, -0.2) is 35.0 Å². The summed E-state index contributed by atoms with van der Waals surface area (Å²) >= 11 is 0. The third-order valence-corrected chi connectivity index (χ3v) is 2.69. The molecule has 0 bridgehead atoms. The molecule has 0 aliphatic heterocycles. The van der Waals surface area contributed by atoms with Crippen LogP contribution in [-0.2, 0) is 22.6 Å². The highest BCUT2D eigenvalue weighted by atomic mass is 19.1. The average Bonchev–Trinajstić information content (AvgIpc) is 2.44. The van der Waals surface area contributed by atoms with Crippen molar-refractivity contribution in [1.82, 2.24) is 15.0 Å². The van der Waals surface area contributed by atoms with Crippen LogP contribution in [0.25, 0.3) is 0 Å². The lowest BCUT2D eigenvalue weighted by molar-refractivity contribution is -0.144. The van der Waals surface area contributed by atoms with Gasteiger partial charge in [0.1, 0.15) is 5.82 Å². The van der Waals surface area contributed by atoms with Gasteiger partial charge in [-0.25, -0.2) is 4.39 Å². The number of aromatic nitrogens is 3. The van der Waals surface area contributed by atoms with Gasteiger partial charge in [-0.2, -0.15) is 15.0 Å². The van der Waals surface area contributed by atoms with Crippen LogP contribution < -0.4 is 10.6 Å². The number of anilines is 2. The molecule has 1 aromatic carbocycles. The predicted molar refractivity (Wildman–Crippen MR) is 78.5 cm³/mol. The fourth-order valence-electron chi connectivity index (χ4n) is 1.70. The molecule has 2 aromatic rings. The minimum atomic E-state index is -0.504. The Morgan fingerprint density at radius 2 is 2.09 bits per heavy atom. The van der Waals surface area contributed by atoms with Crippen LogP contribution in [0.5, 0.6) is 0 Å². The molecule has 0 aliphatic rings. The quantitative estimate of drug-likeness (QED) is 0.822. The zero-order chi connectivity index (χ0) is 16.1. The van der Waals surface area contributed by atoms with E-state index in [-0.39, 0.29) is 24.8 Å². The maximum Gasteiger partial charge on any atom is 0.310 e. The van der Waals surface area contributed by atoms with Crippen LogP contribution in [0.15, 0.2) is 24.3 Å². The first-order valence-electron chi connectivity index (χ1n) is 6.52. The summed E-state index contributed by atoms with van der Waals surface area (Å²) in [6.07, 6.45) is -0.0289. The third-order valence-electron chi connectivity index (χ3n) is 2.69. The molecule has 8 heteroatoms.